The van der Waals surface area contributed by atoms with Crippen molar-refractivity contribution in [2.75, 3.05) is 13.7 Å². The van der Waals surface area contributed by atoms with Crippen LogP contribution in [0.4, 0.5) is 13.2 Å². The second-order valence-corrected chi connectivity index (χ2v) is 4.14. The number of alkyl halides is 3. The minimum atomic E-state index is -4.26. The van der Waals surface area contributed by atoms with Crippen molar-refractivity contribution in [1.82, 2.24) is 9.80 Å². The van der Waals surface area contributed by atoms with E-state index in [9.17, 15) is 13.2 Å². The molecule has 0 saturated carbocycles. The van der Waals surface area contributed by atoms with E-state index in [2.05, 4.69) is 0 Å². The lowest BCUT2D eigenvalue weighted by Gasteiger charge is -2.18. The molecule has 0 radical (unpaired) electrons. The van der Waals surface area contributed by atoms with Gasteiger partial charge in [-0.2, -0.15) is 13.2 Å². The van der Waals surface area contributed by atoms with E-state index in [4.69, 9.17) is 0 Å². The van der Waals surface area contributed by atoms with E-state index in [0.29, 0.717) is 6.54 Å². The summed E-state index contributed by atoms with van der Waals surface area (Å²) in [4.78, 5) is 4.03. The predicted molar refractivity (Wildman–Crippen MR) is 58.8 cm³/mol. The molecule has 1 aromatic rings. The second-order valence-electron chi connectivity index (χ2n) is 4.14. The van der Waals surface area contributed by atoms with Crippen molar-refractivity contribution in [3.05, 3.63) is 47.8 Å². The van der Waals surface area contributed by atoms with E-state index in [1.807, 2.05) is 29.2 Å². The van der Waals surface area contributed by atoms with Crippen LogP contribution in [-0.2, 0) is 12.7 Å². The third-order valence-electron chi connectivity index (χ3n) is 2.60. The Bertz CT molecular complexity index is 409. The standard InChI is InChI=1S/C12H13F3N2/c1-16-6-7-17(9-16)8-10-2-4-11(5-3-10)12(13,14)15/h2-7H,8-9H2,1H3. The SMILES string of the molecule is CN1C=CN(Cc2ccc(C(F)(F)F)cc2)C1. The van der Waals surface area contributed by atoms with Crippen molar-refractivity contribution in [1.29, 1.82) is 0 Å². The minimum Gasteiger partial charge on any atom is -0.362 e. The second kappa shape index (κ2) is 4.31. The summed E-state index contributed by atoms with van der Waals surface area (Å²) in [6.45, 7) is 1.39. The van der Waals surface area contributed by atoms with Crippen molar-refractivity contribution in [2.45, 2.75) is 12.7 Å². The number of rotatable bonds is 2. The molecule has 0 spiro atoms. The van der Waals surface area contributed by atoms with Crippen LogP contribution in [-0.4, -0.2) is 23.5 Å². The fraction of sp³-hybridized carbons (Fsp3) is 0.333. The molecule has 0 N–H and O–H groups in total. The largest absolute Gasteiger partial charge is 0.416 e. The molecule has 5 heteroatoms. The van der Waals surface area contributed by atoms with Gasteiger partial charge in [0.2, 0.25) is 0 Å². The maximum atomic E-state index is 12.3. The van der Waals surface area contributed by atoms with Crippen molar-refractivity contribution < 1.29 is 13.2 Å². The Morgan fingerprint density at radius 1 is 1.12 bits per heavy atom. The van der Waals surface area contributed by atoms with Gasteiger partial charge in [-0.3, -0.25) is 0 Å². The summed E-state index contributed by atoms with van der Waals surface area (Å²) in [5.74, 6) is 0. The third-order valence-corrected chi connectivity index (χ3v) is 2.60. The van der Waals surface area contributed by atoms with Crippen LogP contribution in [0.15, 0.2) is 36.7 Å². The van der Waals surface area contributed by atoms with Gasteiger partial charge < -0.3 is 9.80 Å². The van der Waals surface area contributed by atoms with E-state index < -0.39 is 11.7 Å². The monoisotopic (exact) mass is 242 g/mol. The van der Waals surface area contributed by atoms with Crippen molar-refractivity contribution >= 4 is 0 Å². The molecule has 0 aliphatic carbocycles. The van der Waals surface area contributed by atoms with Crippen molar-refractivity contribution in [3.63, 3.8) is 0 Å². The molecule has 0 fully saturated rings. The molecule has 0 unspecified atom stereocenters. The smallest absolute Gasteiger partial charge is 0.362 e. The lowest BCUT2D eigenvalue weighted by molar-refractivity contribution is -0.137. The molecule has 0 aromatic heterocycles. The van der Waals surface area contributed by atoms with E-state index in [-0.39, 0.29) is 0 Å². The highest BCUT2D eigenvalue weighted by Crippen LogP contribution is 2.29. The van der Waals surface area contributed by atoms with Crippen LogP contribution in [0.1, 0.15) is 11.1 Å². The topological polar surface area (TPSA) is 6.48 Å². The first-order valence-electron chi connectivity index (χ1n) is 5.24. The first-order valence-corrected chi connectivity index (χ1v) is 5.24. The summed E-state index contributed by atoms with van der Waals surface area (Å²) in [6.07, 6.45) is -0.395. The lowest BCUT2D eigenvalue weighted by atomic mass is 10.1. The molecule has 92 valence electrons. The maximum Gasteiger partial charge on any atom is 0.416 e. The molecule has 0 saturated heterocycles. The highest BCUT2D eigenvalue weighted by atomic mass is 19.4. The van der Waals surface area contributed by atoms with E-state index >= 15 is 0 Å². The Morgan fingerprint density at radius 3 is 2.24 bits per heavy atom. The summed E-state index contributed by atoms with van der Waals surface area (Å²) < 4.78 is 37.0. The molecule has 1 aromatic carbocycles. The van der Waals surface area contributed by atoms with Gasteiger partial charge in [-0.1, -0.05) is 12.1 Å². The van der Waals surface area contributed by atoms with Gasteiger partial charge in [-0.05, 0) is 17.7 Å². The van der Waals surface area contributed by atoms with Gasteiger partial charge in [0.1, 0.15) is 0 Å². The number of nitrogens with zero attached hydrogens (tertiary/aromatic N) is 2. The Hall–Kier alpha value is -1.65. The van der Waals surface area contributed by atoms with Gasteiger partial charge in [0, 0.05) is 26.0 Å². The molecule has 0 amide bonds. The van der Waals surface area contributed by atoms with Crippen LogP contribution in [0.25, 0.3) is 0 Å². The summed E-state index contributed by atoms with van der Waals surface area (Å²) in [5, 5.41) is 0. The Kier molecular flexibility index (Phi) is 3.00. The molecular weight excluding hydrogens is 229 g/mol. The van der Waals surface area contributed by atoms with Crippen LogP contribution in [0, 0.1) is 0 Å². The summed E-state index contributed by atoms with van der Waals surface area (Å²) >= 11 is 0. The number of halogens is 3. The van der Waals surface area contributed by atoms with Crippen LogP contribution < -0.4 is 0 Å². The summed E-state index contributed by atoms with van der Waals surface area (Å²) in [7, 11) is 1.95. The van der Waals surface area contributed by atoms with Crippen LogP contribution in [0.2, 0.25) is 0 Å². The number of hydrogen-bond acceptors (Lipinski definition) is 2. The van der Waals surface area contributed by atoms with Gasteiger partial charge >= 0.3 is 6.18 Å². The zero-order valence-corrected chi connectivity index (χ0v) is 9.41. The summed E-state index contributed by atoms with van der Waals surface area (Å²) in [5.41, 5.74) is 0.272. The Morgan fingerprint density at radius 2 is 1.76 bits per heavy atom. The van der Waals surface area contributed by atoms with Crippen LogP contribution >= 0.6 is 0 Å². The molecular formula is C12H13F3N2. The third kappa shape index (κ3) is 2.93. The lowest BCUT2D eigenvalue weighted by Crippen LogP contribution is -2.21. The van der Waals surface area contributed by atoms with Gasteiger partial charge in [0.25, 0.3) is 0 Å². The van der Waals surface area contributed by atoms with E-state index in [1.54, 1.807) is 0 Å². The average Bonchev–Trinajstić information content (AvgIpc) is 2.63. The first-order chi connectivity index (χ1) is 7.95. The van der Waals surface area contributed by atoms with Crippen LogP contribution in [0.5, 0.6) is 0 Å². The molecule has 17 heavy (non-hydrogen) atoms. The molecule has 2 rings (SSSR count). The van der Waals surface area contributed by atoms with Gasteiger partial charge in [-0.15, -0.1) is 0 Å². The zero-order valence-electron chi connectivity index (χ0n) is 9.41. The highest BCUT2D eigenvalue weighted by molar-refractivity contribution is 5.24. The summed E-state index contributed by atoms with van der Waals surface area (Å²) in [6, 6.07) is 5.29. The fourth-order valence-electron chi connectivity index (χ4n) is 1.73. The highest BCUT2D eigenvalue weighted by Gasteiger charge is 2.29. The number of benzene rings is 1. The predicted octanol–water partition coefficient (Wildman–Crippen LogP) is 2.88. The molecule has 0 bridgehead atoms. The normalized spacial score (nSPS) is 15.8. The van der Waals surface area contributed by atoms with Gasteiger partial charge in [0.05, 0.1) is 12.2 Å². The molecule has 1 aliphatic heterocycles. The molecule has 0 atom stereocenters. The van der Waals surface area contributed by atoms with E-state index in [0.717, 1.165) is 24.4 Å². The fourth-order valence-corrected chi connectivity index (χ4v) is 1.73. The molecule has 1 heterocycles. The van der Waals surface area contributed by atoms with Gasteiger partial charge in [-0.25, -0.2) is 0 Å². The van der Waals surface area contributed by atoms with Gasteiger partial charge in [0.15, 0.2) is 0 Å². The quantitative estimate of drug-likeness (QED) is 0.786. The van der Waals surface area contributed by atoms with Crippen LogP contribution in [0.3, 0.4) is 0 Å². The molecule has 2 nitrogen and oxygen atoms in total. The zero-order chi connectivity index (χ0) is 12.5. The first kappa shape index (κ1) is 11.8. The van der Waals surface area contributed by atoms with Crippen molar-refractivity contribution in [3.8, 4) is 0 Å². The minimum absolute atomic E-state index is 0.602. The maximum absolute atomic E-state index is 12.3. The number of hydrogen-bond donors (Lipinski definition) is 0. The van der Waals surface area contributed by atoms with Crippen molar-refractivity contribution in [2.24, 2.45) is 0 Å². The van der Waals surface area contributed by atoms with E-state index in [1.165, 1.54) is 12.1 Å². The molecule has 1 aliphatic rings. The average molecular weight is 242 g/mol. The Balaban J connectivity index is 2.02. The Labute approximate surface area is 97.9 Å².